The van der Waals surface area contributed by atoms with Gasteiger partial charge in [0.15, 0.2) is 0 Å². The van der Waals surface area contributed by atoms with E-state index in [0.29, 0.717) is 23.7 Å². The predicted octanol–water partition coefficient (Wildman–Crippen LogP) is 7.12. The minimum Gasteiger partial charge on any atom is -0.0622 e. The number of hydrogen-bond acceptors (Lipinski definition) is 0. The summed E-state index contributed by atoms with van der Waals surface area (Å²) in [6, 6.07) is 40.4. The first kappa shape index (κ1) is 15.9. The average molecular weight is 358 g/mol. The molecule has 1 saturated carbocycles. The molecule has 2 aliphatic rings. The van der Waals surface area contributed by atoms with E-state index in [1.54, 1.807) is 0 Å². The van der Waals surface area contributed by atoms with Crippen molar-refractivity contribution < 1.29 is 0 Å². The van der Waals surface area contributed by atoms with Gasteiger partial charge in [-0.3, -0.25) is 0 Å². The summed E-state index contributed by atoms with van der Waals surface area (Å²) in [4.78, 5) is 0. The van der Waals surface area contributed by atoms with E-state index in [4.69, 9.17) is 0 Å². The molecule has 0 bridgehead atoms. The van der Waals surface area contributed by atoms with Crippen LogP contribution in [0.1, 0.15) is 45.9 Å². The summed E-state index contributed by atoms with van der Waals surface area (Å²) in [5.41, 5.74) is 8.82. The SMILES string of the molecule is c1ccc([C@@H]2[C@H](c3ccccc3)[C@@H]3c4ccccc4-c4ccccc4[C@@H]23)cc1. The minimum atomic E-state index is 0.517. The largest absolute Gasteiger partial charge is 0.0622 e. The van der Waals surface area contributed by atoms with Gasteiger partial charge in [0.1, 0.15) is 0 Å². The third kappa shape index (κ3) is 2.18. The molecule has 0 heteroatoms. The Hall–Kier alpha value is -3.12. The topological polar surface area (TPSA) is 0 Å². The summed E-state index contributed by atoms with van der Waals surface area (Å²) < 4.78 is 0. The first-order valence-electron chi connectivity index (χ1n) is 10.2. The zero-order valence-electron chi connectivity index (χ0n) is 15.7. The monoisotopic (exact) mass is 358 g/mol. The van der Waals surface area contributed by atoms with Crippen molar-refractivity contribution in [1.82, 2.24) is 0 Å². The Morgan fingerprint density at radius 2 is 0.679 bits per heavy atom. The van der Waals surface area contributed by atoms with E-state index >= 15 is 0 Å². The van der Waals surface area contributed by atoms with Gasteiger partial charge in [-0.15, -0.1) is 0 Å². The second kappa shape index (κ2) is 6.21. The van der Waals surface area contributed by atoms with Gasteiger partial charge < -0.3 is 0 Å². The fraction of sp³-hybridized carbons (Fsp3) is 0.143. The summed E-state index contributed by atoms with van der Waals surface area (Å²) in [5.74, 6) is 2.11. The molecule has 0 aliphatic heterocycles. The highest BCUT2D eigenvalue weighted by Gasteiger charge is 2.55. The summed E-state index contributed by atoms with van der Waals surface area (Å²) in [6.45, 7) is 0. The molecule has 0 aromatic heterocycles. The molecule has 0 spiro atoms. The molecule has 134 valence electrons. The number of rotatable bonds is 2. The van der Waals surface area contributed by atoms with E-state index in [0.717, 1.165) is 0 Å². The van der Waals surface area contributed by atoms with Gasteiger partial charge in [0, 0.05) is 0 Å². The van der Waals surface area contributed by atoms with Crippen LogP contribution in [0, 0.1) is 0 Å². The van der Waals surface area contributed by atoms with Crippen LogP contribution < -0.4 is 0 Å². The zero-order chi connectivity index (χ0) is 18.5. The average Bonchev–Trinajstić information content (AvgIpc) is 2.75. The highest BCUT2D eigenvalue weighted by atomic mass is 14.6. The lowest BCUT2D eigenvalue weighted by Gasteiger charge is -2.56. The molecule has 0 unspecified atom stereocenters. The highest BCUT2D eigenvalue weighted by molar-refractivity contribution is 5.77. The number of fused-ring (bicyclic) bond motifs is 6. The van der Waals surface area contributed by atoms with Crippen LogP contribution in [0.15, 0.2) is 109 Å². The van der Waals surface area contributed by atoms with Crippen LogP contribution >= 0.6 is 0 Å². The fourth-order valence-electron chi connectivity index (χ4n) is 5.77. The number of hydrogen-bond donors (Lipinski definition) is 0. The molecule has 0 saturated heterocycles. The van der Waals surface area contributed by atoms with Crippen LogP contribution in [-0.4, -0.2) is 0 Å². The van der Waals surface area contributed by atoms with Crippen molar-refractivity contribution in [3.8, 4) is 11.1 Å². The highest BCUT2D eigenvalue weighted by Crippen LogP contribution is 2.70. The fourth-order valence-corrected chi connectivity index (χ4v) is 5.77. The van der Waals surface area contributed by atoms with E-state index in [2.05, 4.69) is 109 Å². The lowest BCUT2D eigenvalue weighted by Crippen LogP contribution is -2.42. The summed E-state index contributed by atoms with van der Waals surface area (Å²) in [6.07, 6.45) is 0. The van der Waals surface area contributed by atoms with Crippen molar-refractivity contribution in [3.63, 3.8) is 0 Å². The second-order valence-electron chi connectivity index (χ2n) is 8.10. The molecular formula is C28H22. The Morgan fingerprint density at radius 1 is 0.321 bits per heavy atom. The Kier molecular flexibility index (Phi) is 3.52. The molecule has 0 radical (unpaired) electrons. The second-order valence-corrected chi connectivity index (χ2v) is 8.10. The van der Waals surface area contributed by atoms with Crippen LogP contribution in [0.4, 0.5) is 0 Å². The van der Waals surface area contributed by atoms with E-state index in [1.807, 2.05) is 0 Å². The minimum absolute atomic E-state index is 0.517. The van der Waals surface area contributed by atoms with Gasteiger partial charge in [-0.1, -0.05) is 109 Å². The van der Waals surface area contributed by atoms with E-state index < -0.39 is 0 Å². The first-order chi connectivity index (χ1) is 13.9. The molecule has 2 aliphatic carbocycles. The van der Waals surface area contributed by atoms with Gasteiger partial charge >= 0.3 is 0 Å². The summed E-state index contributed by atoms with van der Waals surface area (Å²) in [7, 11) is 0. The van der Waals surface area contributed by atoms with Crippen LogP contribution in [0.25, 0.3) is 11.1 Å². The zero-order valence-corrected chi connectivity index (χ0v) is 15.7. The van der Waals surface area contributed by atoms with Crippen molar-refractivity contribution in [3.05, 3.63) is 131 Å². The van der Waals surface area contributed by atoms with Crippen LogP contribution in [0.3, 0.4) is 0 Å². The summed E-state index contributed by atoms with van der Waals surface area (Å²) in [5, 5.41) is 0. The molecule has 28 heavy (non-hydrogen) atoms. The third-order valence-electron chi connectivity index (χ3n) is 6.85. The first-order valence-corrected chi connectivity index (χ1v) is 10.2. The van der Waals surface area contributed by atoms with Crippen molar-refractivity contribution in [2.24, 2.45) is 0 Å². The lowest BCUT2D eigenvalue weighted by atomic mass is 9.46. The smallest absolute Gasteiger partial charge is 0.000568 e. The Labute approximate surface area is 166 Å². The Balaban J connectivity index is 1.60. The molecule has 4 aromatic rings. The third-order valence-corrected chi connectivity index (χ3v) is 6.85. The molecule has 4 aromatic carbocycles. The molecule has 0 nitrogen and oxygen atoms in total. The van der Waals surface area contributed by atoms with Crippen molar-refractivity contribution in [2.45, 2.75) is 23.7 Å². The van der Waals surface area contributed by atoms with Crippen LogP contribution in [0.2, 0.25) is 0 Å². The van der Waals surface area contributed by atoms with E-state index in [-0.39, 0.29) is 0 Å². The molecular weight excluding hydrogens is 336 g/mol. The quantitative estimate of drug-likeness (QED) is 0.358. The van der Waals surface area contributed by atoms with E-state index in [1.165, 1.54) is 33.4 Å². The molecule has 6 rings (SSSR count). The van der Waals surface area contributed by atoms with E-state index in [9.17, 15) is 0 Å². The maximum Gasteiger partial charge on any atom is -0.000568 e. The molecule has 1 fully saturated rings. The van der Waals surface area contributed by atoms with Crippen molar-refractivity contribution >= 4 is 0 Å². The maximum absolute atomic E-state index is 2.36. The normalized spacial score (nSPS) is 24.4. The predicted molar refractivity (Wildman–Crippen MR) is 116 cm³/mol. The van der Waals surface area contributed by atoms with Gasteiger partial charge in [-0.25, -0.2) is 0 Å². The van der Waals surface area contributed by atoms with Crippen molar-refractivity contribution in [1.29, 1.82) is 0 Å². The Bertz CT molecular complexity index is 1020. The van der Waals surface area contributed by atoms with Gasteiger partial charge in [-0.2, -0.15) is 0 Å². The number of benzene rings is 4. The van der Waals surface area contributed by atoms with Gasteiger partial charge in [0.25, 0.3) is 0 Å². The van der Waals surface area contributed by atoms with Gasteiger partial charge in [0.2, 0.25) is 0 Å². The Morgan fingerprint density at radius 3 is 1.11 bits per heavy atom. The van der Waals surface area contributed by atoms with Crippen LogP contribution in [0.5, 0.6) is 0 Å². The van der Waals surface area contributed by atoms with Gasteiger partial charge in [-0.05, 0) is 57.1 Å². The standard InChI is InChI=1S/C28H22/c1-3-11-19(12-4-1)25-26(20-13-5-2-6-14-20)28-24-18-10-8-16-22(24)21-15-7-9-17-23(21)27(25)28/h1-18,25-28H/t25-,26+,27-,28-/m0/s1. The van der Waals surface area contributed by atoms with Gasteiger partial charge in [0.05, 0.1) is 0 Å². The summed E-state index contributed by atoms with van der Waals surface area (Å²) >= 11 is 0. The molecule has 0 N–H and O–H groups in total. The molecule has 0 amide bonds. The van der Waals surface area contributed by atoms with Crippen molar-refractivity contribution in [2.75, 3.05) is 0 Å². The molecule has 0 heterocycles. The lowest BCUT2D eigenvalue weighted by molar-refractivity contribution is 0.226. The maximum atomic E-state index is 2.36. The van der Waals surface area contributed by atoms with Crippen LogP contribution in [-0.2, 0) is 0 Å². The molecule has 4 atom stereocenters.